The van der Waals surface area contributed by atoms with E-state index in [0.717, 1.165) is 5.56 Å². The summed E-state index contributed by atoms with van der Waals surface area (Å²) in [6, 6.07) is 13.9. The second-order valence-electron chi connectivity index (χ2n) is 5.74. The standard InChI is InChI=1S/C18H16ClN3O3/c1-21(10-12-6-8-13(19)9-7-12)16(23)11-22-15-5-3-2-4-14(15)17(24)20-18(22)25/h2-9H,10-11H2,1H3,(H,20,24,25). The van der Waals surface area contributed by atoms with Gasteiger partial charge in [-0.05, 0) is 29.8 Å². The number of hydrogen-bond donors (Lipinski definition) is 1. The van der Waals surface area contributed by atoms with Crippen LogP contribution in [0.15, 0.2) is 58.1 Å². The van der Waals surface area contributed by atoms with Crippen molar-refractivity contribution in [2.45, 2.75) is 13.1 Å². The van der Waals surface area contributed by atoms with Gasteiger partial charge in [-0.15, -0.1) is 0 Å². The van der Waals surface area contributed by atoms with Gasteiger partial charge in [0.1, 0.15) is 6.54 Å². The van der Waals surface area contributed by atoms with Crippen molar-refractivity contribution in [3.63, 3.8) is 0 Å². The Kier molecular flexibility index (Phi) is 4.72. The maximum Gasteiger partial charge on any atom is 0.329 e. The van der Waals surface area contributed by atoms with Crippen molar-refractivity contribution in [1.82, 2.24) is 14.5 Å². The largest absolute Gasteiger partial charge is 0.340 e. The number of carbonyl (C=O) groups excluding carboxylic acids is 1. The fraction of sp³-hybridized carbons (Fsp3) is 0.167. The summed E-state index contributed by atoms with van der Waals surface area (Å²) in [6.45, 7) is 0.242. The van der Waals surface area contributed by atoms with Crippen molar-refractivity contribution >= 4 is 28.4 Å². The number of rotatable bonds is 4. The zero-order chi connectivity index (χ0) is 18.0. The molecule has 1 heterocycles. The molecule has 0 bridgehead atoms. The van der Waals surface area contributed by atoms with Crippen LogP contribution in [0.25, 0.3) is 10.9 Å². The van der Waals surface area contributed by atoms with E-state index in [0.29, 0.717) is 22.5 Å². The lowest BCUT2D eigenvalue weighted by Gasteiger charge is -2.18. The fourth-order valence-electron chi connectivity index (χ4n) is 2.61. The number of aromatic amines is 1. The first-order valence-corrected chi connectivity index (χ1v) is 8.04. The molecule has 0 saturated carbocycles. The van der Waals surface area contributed by atoms with E-state index in [2.05, 4.69) is 4.98 Å². The van der Waals surface area contributed by atoms with Gasteiger partial charge < -0.3 is 4.90 Å². The molecule has 0 atom stereocenters. The minimum absolute atomic E-state index is 0.153. The maximum absolute atomic E-state index is 12.5. The van der Waals surface area contributed by atoms with Crippen LogP contribution in [0.5, 0.6) is 0 Å². The predicted octanol–water partition coefficient (Wildman–Crippen LogP) is 2.00. The Morgan fingerprint density at radius 2 is 1.80 bits per heavy atom. The molecule has 0 unspecified atom stereocenters. The molecule has 0 aliphatic rings. The Morgan fingerprint density at radius 3 is 2.52 bits per heavy atom. The number of nitrogens with zero attached hydrogens (tertiary/aromatic N) is 2. The lowest BCUT2D eigenvalue weighted by molar-refractivity contribution is -0.131. The maximum atomic E-state index is 12.5. The van der Waals surface area contributed by atoms with Gasteiger partial charge in [0, 0.05) is 18.6 Å². The third-order valence-electron chi connectivity index (χ3n) is 3.96. The summed E-state index contributed by atoms with van der Waals surface area (Å²) in [7, 11) is 1.66. The van der Waals surface area contributed by atoms with Gasteiger partial charge in [0.2, 0.25) is 5.91 Å². The zero-order valence-corrected chi connectivity index (χ0v) is 14.3. The molecule has 6 nitrogen and oxygen atoms in total. The van der Waals surface area contributed by atoms with Crippen molar-refractivity contribution in [2.75, 3.05) is 7.05 Å². The van der Waals surface area contributed by atoms with E-state index >= 15 is 0 Å². The van der Waals surface area contributed by atoms with Crippen molar-refractivity contribution in [3.8, 4) is 0 Å². The molecule has 7 heteroatoms. The highest BCUT2D eigenvalue weighted by molar-refractivity contribution is 6.30. The number of aromatic nitrogens is 2. The van der Waals surface area contributed by atoms with Crippen LogP contribution in [-0.2, 0) is 17.9 Å². The zero-order valence-electron chi connectivity index (χ0n) is 13.5. The molecule has 1 N–H and O–H groups in total. The van der Waals surface area contributed by atoms with Crippen LogP contribution in [0.2, 0.25) is 5.02 Å². The number of H-pyrrole nitrogens is 1. The second kappa shape index (κ2) is 6.94. The third kappa shape index (κ3) is 3.64. The average Bonchev–Trinajstić information content (AvgIpc) is 2.60. The summed E-state index contributed by atoms with van der Waals surface area (Å²) in [5.41, 5.74) is 0.305. The quantitative estimate of drug-likeness (QED) is 0.776. The number of fused-ring (bicyclic) bond motifs is 1. The molecule has 128 valence electrons. The normalized spacial score (nSPS) is 10.8. The van der Waals surface area contributed by atoms with Crippen LogP contribution in [-0.4, -0.2) is 27.4 Å². The van der Waals surface area contributed by atoms with E-state index in [-0.39, 0.29) is 12.5 Å². The van der Waals surface area contributed by atoms with Gasteiger partial charge in [-0.1, -0.05) is 35.9 Å². The Labute approximate surface area is 148 Å². The number of benzene rings is 2. The molecule has 0 aliphatic heterocycles. The number of amides is 1. The van der Waals surface area contributed by atoms with Crippen molar-refractivity contribution in [1.29, 1.82) is 0 Å². The van der Waals surface area contributed by atoms with Crippen molar-refractivity contribution < 1.29 is 4.79 Å². The molecule has 2 aromatic carbocycles. The highest BCUT2D eigenvalue weighted by atomic mass is 35.5. The molecule has 1 amide bonds. The number of carbonyl (C=O) groups is 1. The predicted molar refractivity (Wildman–Crippen MR) is 96.8 cm³/mol. The molecule has 0 spiro atoms. The number of hydrogen-bond acceptors (Lipinski definition) is 3. The molecule has 0 aliphatic carbocycles. The Bertz CT molecular complexity index is 1040. The number of nitrogens with one attached hydrogen (secondary N) is 1. The van der Waals surface area contributed by atoms with Crippen LogP contribution in [0.4, 0.5) is 0 Å². The number of halogens is 1. The van der Waals surface area contributed by atoms with E-state index < -0.39 is 11.2 Å². The summed E-state index contributed by atoms with van der Waals surface area (Å²) < 4.78 is 1.28. The Morgan fingerprint density at radius 1 is 1.12 bits per heavy atom. The number of para-hydroxylation sites is 1. The first kappa shape index (κ1) is 17.0. The molecule has 3 aromatic rings. The van der Waals surface area contributed by atoms with Gasteiger partial charge in [0.15, 0.2) is 0 Å². The molecule has 3 rings (SSSR count). The molecule has 1 aromatic heterocycles. The molecule has 0 radical (unpaired) electrons. The van der Waals surface area contributed by atoms with E-state index in [9.17, 15) is 14.4 Å². The molecular formula is C18H16ClN3O3. The van der Waals surface area contributed by atoms with Crippen molar-refractivity contribution in [3.05, 3.63) is 80.0 Å². The lowest BCUT2D eigenvalue weighted by Crippen LogP contribution is -2.37. The summed E-state index contributed by atoms with van der Waals surface area (Å²) in [6.07, 6.45) is 0. The highest BCUT2D eigenvalue weighted by Gasteiger charge is 2.14. The summed E-state index contributed by atoms with van der Waals surface area (Å²) in [4.78, 5) is 40.3. The average molecular weight is 358 g/mol. The first-order valence-electron chi connectivity index (χ1n) is 7.66. The molecule has 0 saturated heterocycles. The van der Waals surface area contributed by atoms with E-state index in [1.807, 2.05) is 12.1 Å². The van der Waals surface area contributed by atoms with E-state index in [1.165, 1.54) is 9.47 Å². The van der Waals surface area contributed by atoms with Crippen LogP contribution in [0.3, 0.4) is 0 Å². The Hall–Kier alpha value is -2.86. The SMILES string of the molecule is CN(Cc1ccc(Cl)cc1)C(=O)Cn1c(=O)[nH]c(=O)c2ccccc21. The second-order valence-corrected chi connectivity index (χ2v) is 6.18. The fourth-order valence-corrected chi connectivity index (χ4v) is 2.73. The third-order valence-corrected chi connectivity index (χ3v) is 4.21. The summed E-state index contributed by atoms with van der Waals surface area (Å²) in [5.74, 6) is -0.241. The smallest absolute Gasteiger partial charge is 0.329 e. The van der Waals surface area contributed by atoms with E-state index in [1.54, 1.807) is 43.4 Å². The molecule has 0 fully saturated rings. The van der Waals surface area contributed by atoms with Gasteiger partial charge in [0.05, 0.1) is 10.9 Å². The first-order chi connectivity index (χ1) is 12.0. The monoisotopic (exact) mass is 357 g/mol. The Balaban J connectivity index is 1.85. The van der Waals surface area contributed by atoms with Gasteiger partial charge in [-0.2, -0.15) is 0 Å². The molecule has 25 heavy (non-hydrogen) atoms. The van der Waals surface area contributed by atoms with Gasteiger partial charge in [0.25, 0.3) is 5.56 Å². The van der Waals surface area contributed by atoms with Crippen molar-refractivity contribution in [2.24, 2.45) is 0 Å². The van der Waals surface area contributed by atoms with Gasteiger partial charge >= 0.3 is 5.69 Å². The minimum Gasteiger partial charge on any atom is -0.340 e. The minimum atomic E-state index is -0.600. The van der Waals surface area contributed by atoms with Crippen LogP contribution in [0, 0.1) is 0 Å². The topological polar surface area (TPSA) is 75.2 Å². The van der Waals surface area contributed by atoms with Crippen LogP contribution in [0.1, 0.15) is 5.56 Å². The van der Waals surface area contributed by atoms with Gasteiger partial charge in [-0.25, -0.2) is 4.79 Å². The highest BCUT2D eigenvalue weighted by Crippen LogP contribution is 2.12. The summed E-state index contributed by atoms with van der Waals surface area (Å²) in [5, 5.41) is 0.999. The van der Waals surface area contributed by atoms with Gasteiger partial charge in [-0.3, -0.25) is 19.1 Å². The van der Waals surface area contributed by atoms with E-state index in [4.69, 9.17) is 11.6 Å². The lowest BCUT2D eigenvalue weighted by atomic mass is 10.2. The number of likely N-dealkylation sites (N-methyl/N-ethyl adjacent to an activating group) is 1. The summed E-state index contributed by atoms with van der Waals surface area (Å²) >= 11 is 5.86. The van der Waals surface area contributed by atoms with Crippen LogP contribution < -0.4 is 11.2 Å². The molecular weight excluding hydrogens is 342 g/mol. The van der Waals surface area contributed by atoms with Crippen LogP contribution >= 0.6 is 11.6 Å².